The van der Waals surface area contributed by atoms with Crippen molar-refractivity contribution in [3.05, 3.63) is 69.2 Å². The maximum absolute atomic E-state index is 12.1. The SMILES string of the molecule is O=C(C[NH+]1CC[NH+](Cc2ccccc2Cl)CC1)NN=Cc1ccccc1Br. The van der Waals surface area contributed by atoms with Gasteiger partial charge in [0.2, 0.25) is 0 Å². The average molecular weight is 452 g/mol. The molecular formula is C20H24BrClN4O+2. The Morgan fingerprint density at radius 3 is 2.48 bits per heavy atom. The molecule has 3 N–H and O–H groups in total. The highest BCUT2D eigenvalue weighted by Crippen LogP contribution is 2.13. The summed E-state index contributed by atoms with van der Waals surface area (Å²) in [5, 5.41) is 4.90. The van der Waals surface area contributed by atoms with E-state index < -0.39 is 0 Å². The molecule has 1 aliphatic heterocycles. The molecule has 1 aliphatic rings. The second-order valence-electron chi connectivity index (χ2n) is 6.76. The number of rotatable bonds is 6. The van der Waals surface area contributed by atoms with Gasteiger partial charge in [-0.1, -0.05) is 63.9 Å². The van der Waals surface area contributed by atoms with E-state index in [-0.39, 0.29) is 5.91 Å². The summed E-state index contributed by atoms with van der Waals surface area (Å²) in [7, 11) is 0. The van der Waals surface area contributed by atoms with Crippen molar-refractivity contribution in [2.24, 2.45) is 5.10 Å². The molecule has 0 saturated carbocycles. The summed E-state index contributed by atoms with van der Waals surface area (Å²) in [6, 6.07) is 15.8. The molecule has 7 heteroatoms. The van der Waals surface area contributed by atoms with Gasteiger partial charge in [0.05, 0.1) is 6.21 Å². The maximum atomic E-state index is 12.1. The zero-order chi connectivity index (χ0) is 19.1. The molecule has 2 aromatic rings. The van der Waals surface area contributed by atoms with Crippen LogP contribution in [0.5, 0.6) is 0 Å². The van der Waals surface area contributed by atoms with E-state index in [1.165, 1.54) is 15.4 Å². The molecule has 142 valence electrons. The van der Waals surface area contributed by atoms with E-state index in [9.17, 15) is 4.79 Å². The third-order valence-corrected chi connectivity index (χ3v) is 5.86. The molecule has 27 heavy (non-hydrogen) atoms. The molecule has 0 radical (unpaired) electrons. The van der Waals surface area contributed by atoms with Crippen LogP contribution in [-0.2, 0) is 11.3 Å². The van der Waals surface area contributed by atoms with E-state index in [4.69, 9.17) is 11.6 Å². The molecule has 0 bridgehead atoms. The Morgan fingerprint density at radius 2 is 1.74 bits per heavy atom. The molecule has 1 amide bonds. The topological polar surface area (TPSA) is 50.3 Å². The van der Waals surface area contributed by atoms with E-state index in [0.29, 0.717) is 6.54 Å². The number of hydrazone groups is 1. The number of benzene rings is 2. The van der Waals surface area contributed by atoms with Crippen LogP contribution in [0.1, 0.15) is 11.1 Å². The molecule has 0 spiro atoms. The van der Waals surface area contributed by atoms with E-state index in [1.807, 2.05) is 42.5 Å². The summed E-state index contributed by atoms with van der Waals surface area (Å²) in [6.45, 7) is 5.41. The lowest BCUT2D eigenvalue weighted by molar-refractivity contribution is -1.02. The van der Waals surface area contributed by atoms with Crippen LogP contribution in [0.4, 0.5) is 0 Å². The summed E-state index contributed by atoms with van der Waals surface area (Å²) < 4.78 is 0.950. The van der Waals surface area contributed by atoms with Gasteiger partial charge in [0.1, 0.15) is 32.7 Å². The predicted molar refractivity (Wildman–Crippen MR) is 111 cm³/mol. The number of amides is 1. The molecule has 0 aromatic heterocycles. The minimum Gasteiger partial charge on any atom is -0.322 e. The highest BCUT2D eigenvalue weighted by molar-refractivity contribution is 9.10. The summed E-state index contributed by atoms with van der Waals surface area (Å²) in [6.07, 6.45) is 1.66. The molecule has 0 aliphatic carbocycles. The smallest absolute Gasteiger partial charge is 0.295 e. The van der Waals surface area contributed by atoms with Crippen LogP contribution in [-0.4, -0.2) is 44.8 Å². The van der Waals surface area contributed by atoms with Crippen molar-refractivity contribution in [2.45, 2.75) is 6.54 Å². The summed E-state index contributed by atoms with van der Waals surface area (Å²) >= 11 is 9.71. The first kappa shape index (κ1) is 20.0. The Kier molecular flexibility index (Phi) is 7.41. The van der Waals surface area contributed by atoms with Gasteiger partial charge in [-0.2, -0.15) is 5.10 Å². The fourth-order valence-corrected chi connectivity index (χ4v) is 3.83. The summed E-state index contributed by atoms with van der Waals surface area (Å²) in [5.41, 5.74) is 4.75. The van der Waals surface area contributed by atoms with Crippen LogP contribution in [0.2, 0.25) is 5.02 Å². The summed E-state index contributed by atoms with van der Waals surface area (Å²) in [5.74, 6) is -0.0529. The highest BCUT2D eigenvalue weighted by atomic mass is 79.9. The largest absolute Gasteiger partial charge is 0.322 e. The number of carbonyl (C=O) groups excluding carboxylic acids is 1. The molecule has 5 nitrogen and oxygen atoms in total. The second-order valence-corrected chi connectivity index (χ2v) is 8.02. The standard InChI is InChI=1S/C20H22BrClN4O/c21-18-7-3-1-5-16(18)13-23-24-20(27)15-26-11-9-25(10-12-26)14-17-6-2-4-8-19(17)22/h1-8,13H,9-12,14-15H2,(H,24,27)/p+2. The zero-order valence-corrected chi connectivity index (χ0v) is 17.4. The van der Waals surface area contributed by atoms with E-state index >= 15 is 0 Å². The van der Waals surface area contributed by atoms with Crippen molar-refractivity contribution in [3.63, 3.8) is 0 Å². The van der Waals surface area contributed by atoms with Crippen LogP contribution in [0.15, 0.2) is 58.1 Å². The molecule has 3 rings (SSSR count). The molecule has 1 heterocycles. The third kappa shape index (κ3) is 6.14. The van der Waals surface area contributed by atoms with Crippen LogP contribution in [0.25, 0.3) is 0 Å². The van der Waals surface area contributed by atoms with Gasteiger partial charge in [0, 0.05) is 20.6 Å². The quantitative estimate of drug-likeness (QED) is 0.436. The second kappa shape index (κ2) is 9.99. The van der Waals surface area contributed by atoms with Crippen molar-refractivity contribution >= 4 is 39.7 Å². The van der Waals surface area contributed by atoms with Crippen molar-refractivity contribution in [2.75, 3.05) is 32.7 Å². The third-order valence-electron chi connectivity index (χ3n) is 4.77. The van der Waals surface area contributed by atoms with E-state index in [2.05, 4.69) is 32.5 Å². The zero-order valence-electron chi connectivity index (χ0n) is 15.1. The van der Waals surface area contributed by atoms with Crippen molar-refractivity contribution in [1.82, 2.24) is 5.43 Å². The number of nitrogens with one attached hydrogen (secondary N) is 3. The first-order chi connectivity index (χ1) is 13.1. The summed E-state index contributed by atoms with van der Waals surface area (Å²) in [4.78, 5) is 14.9. The molecule has 0 atom stereocenters. The van der Waals surface area contributed by atoms with Gasteiger partial charge in [-0.25, -0.2) is 5.43 Å². The highest BCUT2D eigenvalue weighted by Gasteiger charge is 2.25. The Morgan fingerprint density at radius 1 is 1.07 bits per heavy atom. The lowest BCUT2D eigenvalue weighted by Crippen LogP contribution is -3.28. The van der Waals surface area contributed by atoms with Crippen LogP contribution in [0, 0.1) is 0 Å². The Hall–Kier alpha value is -1.73. The van der Waals surface area contributed by atoms with Crippen molar-refractivity contribution < 1.29 is 14.6 Å². The van der Waals surface area contributed by atoms with E-state index in [1.54, 1.807) is 6.21 Å². The number of quaternary nitrogens is 2. The fourth-order valence-electron chi connectivity index (χ4n) is 3.24. The molecular weight excluding hydrogens is 428 g/mol. The first-order valence-electron chi connectivity index (χ1n) is 9.09. The molecule has 2 aromatic carbocycles. The minimum absolute atomic E-state index is 0.0529. The predicted octanol–water partition coefficient (Wildman–Crippen LogP) is 0.536. The molecule has 1 fully saturated rings. The fraction of sp³-hybridized carbons (Fsp3) is 0.300. The average Bonchev–Trinajstić information content (AvgIpc) is 2.67. The number of hydrogen-bond acceptors (Lipinski definition) is 2. The lowest BCUT2D eigenvalue weighted by Gasteiger charge is -2.29. The monoisotopic (exact) mass is 450 g/mol. The van der Waals surface area contributed by atoms with E-state index in [0.717, 1.165) is 47.8 Å². The Balaban J connectivity index is 1.40. The Bertz CT molecular complexity index is 806. The van der Waals surface area contributed by atoms with Gasteiger partial charge in [0.15, 0.2) is 6.54 Å². The van der Waals surface area contributed by atoms with Gasteiger partial charge < -0.3 is 9.80 Å². The number of nitrogens with zero attached hydrogens (tertiary/aromatic N) is 1. The Labute approximate surface area is 173 Å². The minimum atomic E-state index is -0.0529. The normalized spacial score (nSPS) is 19.9. The maximum Gasteiger partial charge on any atom is 0.295 e. The lowest BCUT2D eigenvalue weighted by atomic mass is 10.2. The van der Waals surface area contributed by atoms with Crippen LogP contribution in [0.3, 0.4) is 0 Å². The van der Waals surface area contributed by atoms with Crippen LogP contribution >= 0.6 is 27.5 Å². The van der Waals surface area contributed by atoms with Crippen molar-refractivity contribution in [3.8, 4) is 0 Å². The molecule has 1 saturated heterocycles. The first-order valence-corrected chi connectivity index (χ1v) is 10.3. The van der Waals surface area contributed by atoms with Gasteiger partial charge in [-0.05, 0) is 12.1 Å². The van der Waals surface area contributed by atoms with Crippen molar-refractivity contribution in [1.29, 1.82) is 0 Å². The van der Waals surface area contributed by atoms with Crippen LogP contribution < -0.4 is 15.2 Å². The van der Waals surface area contributed by atoms with Gasteiger partial charge in [-0.15, -0.1) is 0 Å². The molecule has 0 unspecified atom stereocenters. The number of halogens is 2. The van der Waals surface area contributed by atoms with Gasteiger partial charge in [0.25, 0.3) is 5.91 Å². The van der Waals surface area contributed by atoms with Gasteiger partial charge in [-0.3, -0.25) is 4.79 Å². The number of piperazine rings is 1. The number of hydrogen-bond donors (Lipinski definition) is 3. The van der Waals surface area contributed by atoms with Gasteiger partial charge >= 0.3 is 0 Å². The number of carbonyl (C=O) groups is 1.